The van der Waals surface area contributed by atoms with E-state index in [0.717, 1.165) is 24.3 Å². The molecule has 0 aliphatic carbocycles. The highest BCUT2D eigenvalue weighted by Crippen LogP contribution is 2.31. The van der Waals surface area contributed by atoms with E-state index in [1.165, 1.54) is 5.56 Å². The van der Waals surface area contributed by atoms with E-state index in [1.54, 1.807) is 4.90 Å². The average Bonchev–Trinajstić information content (AvgIpc) is 2.40. The van der Waals surface area contributed by atoms with Crippen molar-refractivity contribution >= 4 is 17.3 Å². The van der Waals surface area contributed by atoms with Crippen LogP contribution in [0.1, 0.15) is 18.9 Å². The Hall–Kier alpha value is -1.51. The first-order valence-electron chi connectivity index (χ1n) is 5.36. The van der Waals surface area contributed by atoms with Crippen molar-refractivity contribution in [3.63, 3.8) is 0 Å². The molecule has 0 unspecified atom stereocenters. The van der Waals surface area contributed by atoms with Crippen LogP contribution in [0.25, 0.3) is 0 Å². The predicted octanol–water partition coefficient (Wildman–Crippen LogP) is 2.03. The van der Waals surface area contributed by atoms with Gasteiger partial charge in [-0.1, -0.05) is 19.1 Å². The van der Waals surface area contributed by atoms with Crippen molar-refractivity contribution in [1.82, 2.24) is 0 Å². The fourth-order valence-corrected chi connectivity index (χ4v) is 1.96. The Morgan fingerprint density at radius 2 is 2.27 bits per heavy atom. The first-order valence-corrected chi connectivity index (χ1v) is 5.36. The molecule has 2 rings (SSSR count). The number of carbonyl (C=O) groups is 1. The van der Waals surface area contributed by atoms with Crippen molar-refractivity contribution in [2.45, 2.75) is 19.8 Å². The van der Waals surface area contributed by atoms with E-state index in [1.807, 2.05) is 19.2 Å². The summed E-state index contributed by atoms with van der Waals surface area (Å²) in [5.74, 6) is 0.175. The van der Waals surface area contributed by atoms with Crippen LogP contribution in [0.2, 0.25) is 0 Å². The van der Waals surface area contributed by atoms with Gasteiger partial charge in [-0.05, 0) is 18.1 Å². The number of amides is 1. The van der Waals surface area contributed by atoms with E-state index < -0.39 is 0 Å². The molecule has 1 amide bonds. The average molecular weight is 204 g/mol. The van der Waals surface area contributed by atoms with Gasteiger partial charge in [0.2, 0.25) is 5.91 Å². The standard InChI is InChI=1S/C12H16N2O/c1-3-9-5-4-6-10-12(9)13-8-7-11(15)14(10)2/h4-6,13H,3,7-8H2,1-2H3. The molecule has 1 heterocycles. The van der Waals surface area contributed by atoms with Gasteiger partial charge in [-0.3, -0.25) is 4.79 Å². The molecule has 0 spiro atoms. The second kappa shape index (κ2) is 3.93. The molecule has 3 heteroatoms. The van der Waals surface area contributed by atoms with E-state index in [-0.39, 0.29) is 5.91 Å². The molecule has 0 atom stereocenters. The maximum Gasteiger partial charge on any atom is 0.228 e. The van der Waals surface area contributed by atoms with Crippen LogP contribution < -0.4 is 10.2 Å². The van der Waals surface area contributed by atoms with Crippen LogP contribution in [0.3, 0.4) is 0 Å². The third-order valence-corrected chi connectivity index (χ3v) is 2.89. The topological polar surface area (TPSA) is 32.3 Å². The molecule has 3 nitrogen and oxygen atoms in total. The van der Waals surface area contributed by atoms with Crippen molar-refractivity contribution in [2.75, 3.05) is 23.8 Å². The van der Waals surface area contributed by atoms with Gasteiger partial charge in [-0.15, -0.1) is 0 Å². The summed E-state index contributed by atoms with van der Waals surface area (Å²) in [6.07, 6.45) is 1.55. The second-order valence-electron chi connectivity index (χ2n) is 3.79. The Kier molecular flexibility index (Phi) is 2.62. The zero-order chi connectivity index (χ0) is 10.8. The third-order valence-electron chi connectivity index (χ3n) is 2.89. The summed E-state index contributed by atoms with van der Waals surface area (Å²) >= 11 is 0. The smallest absolute Gasteiger partial charge is 0.228 e. The zero-order valence-corrected chi connectivity index (χ0v) is 9.21. The Morgan fingerprint density at radius 3 is 3.00 bits per heavy atom. The number of aryl methyl sites for hydroxylation is 1. The number of nitrogens with zero attached hydrogens (tertiary/aromatic N) is 1. The SMILES string of the molecule is CCc1cccc2c1NCCC(=O)N2C. The van der Waals surface area contributed by atoms with Crippen LogP contribution in [0.15, 0.2) is 18.2 Å². The number of para-hydroxylation sites is 1. The number of fused-ring (bicyclic) bond motifs is 1. The molecule has 1 aromatic carbocycles. The van der Waals surface area contributed by atoms with Gasteiger partial charge in [0.05, 0.1) is 11.4 Å². The van der Waals surface area contributed by atoms with E-state index in [2.05, 4.69) is 18.3 Å². The van der Waals surface area contributed by atoms with Crippen molar-refractivity contribution in [3.8, 4) is 0 Å². The first kappa shape index (κ1) is 10.0. The van der Waals surface area contributed by atoms with Crippen LogP contribution >= 0.6 is 0 Å². The minimum Gasteiger partial charge on any atom is -0.383 e. The summed E-state index contributed by atoms with van der Waals surface area (Å²) in [5.41, 5.74) is 3.39. The molecule has 1 aromatic rings. The molecule has 0 aromatic heterocycles. The molecule has 15 heavy (non-hydrogen) atoms. The Morgan fingerprint density at radius 1 is 1.47 bits per heavy atom. The lowest BCUT2D eigenvalue weighted by Crippen LogP contribution is -2.25. The van der Waals surface area contributed by atoms with Gasteiger partial charge < -0.3 is 10.2 Å². The molecule has 1 N–H and O–H groups in total. The number of rotatable bonds is 1. The molecule has 0 saturated heterocycles. The van der Waals surface area contributed by atoms with Crippen LogP contribution in [-0.2, 0) is 11.2 Å². The maximum atomic E-state index is 11.7. The van der Waals surface area contributed by atoms with Crippen LogP contribution in [0.5, 0.6) is 0 Å². The normalized spacial score (nSPS) is 15.6. The third kappa shape index (κ3) is 1.69. The summed E-state index contributed by atoms with van der Waals surface area (Å²) in [6.45, 7) is 2.86. The maximum absolute atomic E-state index is 11.7. The van der Waals surface area contributed by atoms with E-state index in [9.17, 15) is 4.79 Å². The van der Waals surface area contributed by atoms with E-state index >= 15 is 0 Å². The lowest BCUT2D eigenvalue weighted by Gasteiger charge is -2.18. The number of hydrogen-bond donors (Lipinski definition) is 1. The summed E-state index contributed by atoms with van der Waals surface area (Å²) in [7, 11) is 1.84. The molecule has 0 fully saturated rings. The van der Waals surface area contributed by atoms with Crippen LogP contribution in [0, 0.1) is 0 Å². The molecular weight excluding hydrogens is 188 g/mol. The lowest BCUT2D eigenvalue weighted by atomic mass is 10.1. The quantitative estimate of drug-likeness (QED) is 0.759. The minimum absolute atomic E-state index is 0.175. The van der Waals surface area contributed by atoms with Crippen molar-refractivity contribution in [3.05, 3.63) is 23.8 Å². The van der Waals surface area contributed by atoms with Gasteiger partial charge in [-0.25, -0.2) is 0 Å². The number of nitrogens with one attached hydrogen (secondary N) is 1. The Balaban J connectivity index is 2.51. The van der Waals surface area contributed by atoms with Gasteiger partial charge >= 0.3 is 0 Å². The van der Waals surface area contributed by atoms with Crippen LogP contribution in [0.4, 0.5) is 11.4 Å². The fraction of sp³-hybridized carbons (Fsp3) is 0.417. The second-order valence-corrected chi connectivity index (χ2v) is 3.79. The van der Waals surface area contributed by atoms with Gasteiger partial charge in [0, 0.05) is 20.0 Å². The predicted molar refractivity (Wildman–Crippen MR) is 62.3 cm³/mol. The Bertz CT molecular complexity index is 387. The molecule has 0 radical (unpaired) electrons. The number of hydrogen-bond acceptors (Lipinski definition) is 2. The first-order chi connectivity index (χ1) is 7.24. The van der Waals surface area contributed by atoms with Gasteiger partial charge in [0.1, 0.15) is 0 Å². The molecular formula is C12H16N2O. The van der Waals surface area contributed by atoms with Gasteiger partial charge in [0.15, 0.2) is 0 Å². The summed E-state index contributed by atoms with van der Waals surface area (Å²) < 4.78 is 0. The fourth-order valence-electron chi connectivity index (χ4n) is 1.96. The summed E-state index contributed by atoms with van der Waals surface area (Å²) in [5, 5.41) is 3.34. The highest BCUT2D eigenvalue weighted by Gasteiger charge is 2.19. The van der Waals surface area contributed by atoms with E-state index in [0.29, 0.717) is 6.42 Å². The molecule has 1 aliphatic heterocycles. The monoisotopic (exact) mass is 204 g/mol. The number of benzene rings is 1. The molecule has 80 valence electrons. The molecule has 0 bridgehead atoms. The minimum atomic E-state index is 0.175. The summed E-state index contributed by atoms with van der Waals surface area (Å²) in [4.78, 5) is 13.4. The molecule has 0 saturated carbocycles. The Labute approximate surface area is 90.1 Å². The van der Waals surface area contributed by atoms with Crippen molar-refractivity contribution in [2.24, 2.45) is 0 Å². The number of anilines is 2. The van der Waals surface area contributed by atoms with Gasteiger partial charge in [-0.2, -0.15) is 0 Å². The highest BCUT2D eigenvalue weighted by molar-refractivity contribution is 5.98. The van der Waals surface area contributed by atoms with E-state index in [4.69, 9.17) is 0 Å². The number of carbonyl (C=O) groups excluding carboxylic acids is 1. The van der Waals surface area contributed by atoms with Crippen molar-refractivity contribution < 1.29 is 4.79 Å². The van der Waals surface area contributed by atoms with Crippen molar-refractivity contribution in [1.29, 1.82) is 0 Å². The van der Waals surface area contributed by atoms with Gasteiger partial charge in [0.25, 0.3) is 0 Å². The van der Waals surface area contributed by atoms with Crippen LogP contribution in [-0.4, -0.2) is 19.5 Å². The highest BCUT2D eigenvalue weighted by atomic mass is 16.2. The molecule has 1 aliphatic rings. The lowest BCUT2D eigenvalue weighted by molar-refractivity contribution is -0.118. The zero-order valence-electron chi connectivity index (χ0n) is 9.21. The largest absolute Gasteiger partial charge is 0.383 e. The summed E-state index contributed by atoms with van der Waals surface area (Å²) in [6, 6.07) is 6.11.